The van der Waals surface area contributed by atoms with Gasteiger partial charge in [-0.15, -0.1) is 0 Å². The molecule has 0 aliphatic rings. The first kappa shape index (κ1) is 16.8. The molecule has 0 aromatic heterocycles. The van der Waals surface area contributed by atoms with Gasteiger partial charge < -0.3 is 50.5 Å². The Balaban J connectivity index is 0.000000284. The van der Waals surface area contributed by atoms with Crippen molar-refractivity contribution < 1.29 is 16.5 Å². The van der Waals surface area contributed by atoms with Crippen LogP contribution in [0.4, 0.5) is 0 Å². The normalized spacial score (nSPS) is 8.47. The molecule has 0 N–H and O–H groups in total. The quantitative estimate of drug-likeness (QED) is 0.534. The van der Waals surface area contributed by atoms with Crippen LogP contribution in [0, 0.1) is 0 Å². The van der Waals surface area contributed by atoms with Gasteiger partial charge in [0.25, 0.3) is 0 Å². The van der Waals surface area contributed by atoms with E-state index in [4.69, 9.17) is 50.5 Å². The van der Waals surface area contributed by atoms with E-state index in [0.717, 1.165) is 19.6 Å². The van der Waals surface area contributed by atoms with Gasteiger partial charge in [0.05, 0.1) is 0 Å². The monoisotopic (exact) mass is 338 g/mol. The fraction of sp³-hybridized carbons (Fsp3) is 0. The zero-order chi connectivity index (χ0) is 12.0. The van der Waals surface area contributed by atoms with Gasteiger partial charge in [0, 0.05) is 16.5 Å². The van der Waals surface area contributed by atoms with Gasteiger partial charge in [-0.05, 0) is 0 Å². The zero-order valence-electron chi connectivity index (χ0n) is 8.57. The molecule has 2 aromatic carbocycles. The molecule has 0 saturated heterocycles. The molecule has 2 aromatic rings. The summed E-state index contributed by atoms with van der Waals surface area (Å²) >= 11 is 19.4. The van der Waals surface area contributed by atoms with Gasteiger partial charge in [0.2, 0.25) is 0 Å². The molecular weight excluding hydrogens is 331 g/mol. The molecule has 2 rings (SSSR count). The van der Waals surface area contributed by atoms with E-state index in [-0.39, 0.29) is 16.5 Å². The largest absolute Gasteiger partial charge is 0.781 e. The minimum atomic E-state index is 0. The van der Waals surface area contributed by atoms with Crippen LogP contribution in [0.25, 0.3) is 0 Å². The number of hydrogen-bond donors (Lipinski definition) is 0. The number of benzene rings is 2. The van der Waals surface area contributed by atoms with E-state index < -0.39 is 0 Å². The smallest absolute Gasteiger partial charge is 0 e. The molecule has 0 unspecified atom stereocenters. The first-order chi connectivity index (χ1) is 7.61. The molecule has 0 saturated carbocycles. The van der Waals surface area contributed by atoms with E-state index in [1.807, 2.05) is 48.5 Å². The van der Waals surface area contributed by atoms with Gasteiger partial charge in [-0.1, -0.05) is 48.5 Å². The van der Waals surface area contributed by atoms with Crippen molar-refractivity contribution >= 4 is 50.5 Å². The molecule has 0 amide bonds. The van der Waals surface area contributed by atoms with Crippen LogP contribution in [-0.4, -0.2) is 0 Å². The third-order valence-corrected chi connectivity index (χ3v) is 3.38. The number of rotatable bonds is 0. The van der Waals surface area contributed by atoms with Crippen LogP contribution >= 0.6 is 0 Å². The Morgan fingerprint density at radius 3 is 0.765 bits per heavy atom. The van der Waals surface area contributed by atoms with Crippen molar-refractivity contribution in [1.29, 1.82) is 0 Å². The van der Waals surface area contributed by atoms with Crippen LogP contribution in [-0.2, 0) is 67.0 Å². The molecular formula is C12H8NiS4-4. The molecule has 5 heteroatoms. The van der Waals surface area contributed by atoms with Crippen LogP contribution in [0.5, 0.6) is 0 Å². The zero-order valence-corrected chi connectivity index (χ0v) is 12.8. The summed E-state index contributed by atoms with van der Waals surface area (Å²) in [6.07, 6.45) is 0. The first-order valence-electron chi connectivity index (χ1n) is 4.47. The molecule has 94 valence electrons. The van der Waals surface area contributed by atoms with Crippen molar-refractivity contribution in [2.24, 2.45) is 0 Å². The predicted octanol–water partition coefficient (Wildman–Crippen LogP) is 2.99. The average Bonchev–Trinajstić information content (AvgIpc) is 2.28. The average molecular weight is 339 g/mol. The first-order valence-corrected chi connectivity index (χ1v) is 6.10. The Morgan fingerprint density at radius 2 is 0.647 bits per heavy atom. The summed E-state index contributed by atoms with van der Waals surface area (Å²) in [6, 6.07) is 14.9. The second-order valence-electron chi connectivity index (χ2n) is 2.89. The molecule has 0 fully saturated rings. The van der Waals surface area contributed by atoms with Gasteiger partial charge in [-0.2, -0.15) is 19.6 Å². The number of hydrogen-bond acceptors (Lipinski definition) is 4. The van der Waals surface area contributed by atoms with Crippen LogP contribution in [0.2, 0.25) is 0 Å². The van der Waals surface area contributed by atoms with Crippen LogP contribution in [0.15, 0.2) is 68.1 Å². The van der Waals surface area contributed by atoms with Gasteiger partial charge in [0.1, 0.15) is 0 Å². The Hall–Kier alpha value is -0.186. The van der Waals surface area contributed by atoms with Crippen molar-refractivity contribution in [2.45, 2.75) is 19.6 Å². The molecule has 0 nitrogen and oxygen atoms in total. The summed E-state index contributed by atoms with van der Waals surface area (Å²) in [6.45, 7) is 0. The summed E-state index contributed by atoms with van der Waals surface area (Å²) in [4.78, 5) is 3.06. The summed E-state index contributed by atoms with van der Waals surface area (Å²) in [5.74, 6) is 0. The van der Waals surface area contributed by atoms with Crippen molar-refractivity contribution in [3.63, 3.8) is 0 Å². The third-order valence-electron chi connectivity index (χ3n) is 1.70. The molecule has 0 bridgehead atoms. The molecule has 0 heterocycles. The standard InChI is InChI=1S/2C6H6S2.Ni/c2*7-5-3-1-2-4-6(5)8;/h2*1-4,7-8H;/p-4. The maximum Gasteiger partial charge on any atom is 0 e. The summed E-state index contributed by atoms with van der Waals surface area (Å²) < 4.78 is 0. The van der Waals surface area contributed by atoms with Crippen LogP contribution < -0.4 is 0 Å². The van der Waals surface area contributed by atoms with Gasteiger partial charge in [-0.25, -0.2) is 0 Å². The minimum absolute atomic E-state index is 0. The minimum Gasteiger partial charge on any atom is -0.781 e. The van der Waals surface area contributed by atoms with E-state index >= 15 is 0 Å². The van der Waals surface area contributed by atoms with Gasteiger partial charge in [0.15, 0.2) is 0 Å². The summed E-state index contributed by atoms with van der Waals surface area (Å²) in [5, 5.41) is 0. The maximum atomic E-state index is 4.85. The van der Waals surface area contributed by atoms with E-state index in [1.54, 1.807) is 0 Å². The van der Waals surface area contributed by atoms with Gasteiger partial charge in [-0.3, -0.25) is 0 Å². The molecule has 0 atom stereocenters. The second kappa shape index (κ2) is 8.84. The van der Waals surface area contributed by atoms with Crippen molar-refractivity contribution in [1.82, 2.24) is 0 Å². The van der Waals surface area contributed by atoms with E-state index in [0.29, 0.717) is 0 Å². The van der Waals surface area contributed by atoms with E-state index in [2.05, 4.69) is 0 Å². The second-order valence-corrected chi connectivity index (χ2v) is 4.65. The van der Waals surface area contributed by atoms with E-state index in [1.165, 1.54) is 0 Å². The molecule has 0 radical (unpaired) electrons. The van der Waals surface area contributed by atoms with Crippen molar-refractivity contribution in [3.05, 3.63) is 48.5 Å². The Bertz CT molecular complexity index is 374. The fourth-order valence-electron chi connectivity index (χ4n) is 0.900. The SMILES string of the molecule is [Ni].[S-]c1ccccc1[S-].[S-]c1ccccc1[S-]. The molecule has 0 aliphatic heterocycles. The molecule has 0 spiro atoms. The molecule has 0 aliphatic carbocycles. The van der Waals surface area contributed by atoms with Crippen LogP contribution in [0.3, 0.4) is 0 Å². The third kappa shape index (κ3) is 6.34. The van der Waals surface area contributed by atoms with Crippen LogP contribution in [0.1, 0.15) is 0 Å². The predicted molar refractivity (Wildman–Crippen MR) is 75.4 cm³/mol. The molecule has 17 heavy (non-hydrogen) atoms. The maximum absolute atomic E-state index is 4.85. The topological polar surface area (TPSA) is 0 Å². The Labute approximate surface area is 134 Å². The van der Waals surface area contributed by atoms with Crippen molar-refractivity contribution in [2.75, 3.05) is 0 Å². The van der Waals surface area contributed by atoms with Crippen molar-refractivity contribution in [3.8, 4) is 0 Å². The van der Waals surface area contributed by atoms with Gasteiger partial charge >= 0.3 is 0 Å². The Kier molecular flexibility index (Phi) is 8.74. The Morgan fingerprint density at radius 1 is 0.471 bits per heavy atom. The fourth-order valence-corrected chi connectivity index (χ4v) is 1.49. The van der Waals surface area contributed by atoms with E-state index in [9.17, 15) is 0 Å². The summed E-state index contributed by atoms with van der Waals surface area (Å²) in [7, 11) is 0. The summed E-state index contributed by atoms with van der Waals surface area (Å²) in [5.41, 5.74) is 0.